The zero-order valence-electron chi connectivity index (χ0n) is 12.0. The lowest BCUT2D eigenvalue weighted by atomic mass is 10.0. The van der Waals surface area contributed by atoms with Crippen molar-refractivity contribution < 1.29 is 9.18 Å². The Bertz CT molecular complexity index is 628. The molecule has 4 N–H and O–H groups in total. The highest BCUT2D eigenvalue weighted by molar-refractivity contribution is 5.86. The van der Waals surface area contributed by atoms with E-state index in [1.54, 1.807) is 12.3 Å². The highest BCUT2D eigenvalue weighted by Crippen LogP contribution is 2.20. The van der Waals surface area contributed by atoms with Crippen molar-refractivity contribution in [2.24, 2.45) is 5.73 Å². The summed E-state index contributed by atoms with van der Waals surface area (Å²) in [5.41, 5.74) is 7.29. The van der Waals surface area contributed by atoms with Gasteiger partial charge in [0.1, 0.15) is 5.82 Å². The molecule has 1 atom stereocenters. The molecule has 0 aliphatic carbocycles. The van der Waals surface area contributed by atoms with E-state index in [2.05, 4.69) is 10.3 Å². The van der Waals surface area contributed by atoms with E-state index in [1.807, 2.05) is 20.8 Å². The SMILES string of the molecule is CC(C)(C)NC(=O)C(N)Cc1c[nH]c2ccc(F)cc12. The number of fused-ring (bicyclic) bond motifs is 1. The quantitative estimate of drug-likeness (QED) is 0.804. The summed E-state index contributed by atoms with van der Waals surface area (Å²) in [5.74, 6) is -0.505. The van der Waals surface area contributed by atoms with E-state index in [9.17, 15) is 9.18 Å². The fraction of sp³-hybridized carbons (Fsp3) is 0.400. The highest BCUT2D eigenvalue weighted by Gasteiger charge is 2.21. The first-order valence-electron chi connectivity index (χ1n) is 6.59. The molecule has 108 valence electrons. The van der Waals surface area contributed by atoms with Crippen molar-refractivity contribution in [2.45, 2.75) is 38.8 Å². The van der Waals surface area contributed by atoms with Crippen LogP contribution in [0.2, 0.25) is 0 Å². The molecule has 0 aliphatic heterocycles. The standard InChI is InChI=1S/C15H20FN3O/c1-15(2,3)19-14(20)12(17)6-9-8-18-13-5-4-10(16)7-11(9)13/h4-5,7-8,12,18H,6,17H2,1-3H3,(H,19,20). The molecule has 2 rings (SSSR count). The molecular weight excluding hydrogens is 257 g/mol. The molecule has 2 aromatic rings. The first-order valence-corrected chi connectivity index (χ1v) is 6.59. The van der Waals surface area contributed by atoms with Crippen molar-refractivity contribution in [1.29, 1.82) is 0 Å². The third-order valence-corrected chi connectivity index (χ3v) is 3.00. The van der Waals surface area contributed by atoms with Crippen LogP contribution in [-0.2, 0) is 11.2 Å². The van der Waals surface area contributed by atoms with Crippen molar-refractivity contribution in [3.05, 3.63) is 35.8 Å². The number of halogens is 1. The molecule has 0 saturated heterocycles. The minimum Gasteiger partial charge on any atom is -0.361 e. The van der Waals surface area contributed by atoms with Crippen LogP contribution in [0.1, 0.15) is 26.3 Å². The van der Waals surface area contributed by atoms with E-state index in [1.165, 1.54) is 12.1 Å². The number of hydrogen-bond acceptors (Lipinski definition) is 2. The van der Waals surface area contributed by atoms with Gasteiger partial charge < -0.3 is 16.0 Å². The maximum Gasteiger partial charge on any atom is 0.237 e. The van der Waals surface area contributed by atoms with Crippen molar-refractivity contribution in [2.75, 3.05) is 0 Å². The molecule has 1 aromatic carbocycles. The number of rotatable bonds is 3. The van der Waals surface area contributed by atoms with E-state index in [0.29, 0.717) is 6.42 Å². The predicted octanol–water partition coefficient (Wildman–Crippen LogP) is 2.09. The molecule has 1 aromatic heterocycles. The minimum absolute atomic E-state index is 0.205. The molecule has 1 heterocycles. The van der Waals surface area contributed by atoms with Crippen LogP contribution in [0.3, 0.4) is 0 Å². The molecule has 0 aliphatic rings. The first kappa shape index (κ1) is 14.5. The number of benzene rings is 1. The molecule has 1 amide bonds. The average Bonchev–Trinajstić information content (AvgIpc) is 2.69. The zero-order valence-corrected chi connectivity index (χ0v) is 12.0. The number of nitrogens with one attached hydrogen (secondary N) is 2. The van der Waals surface area contributed by atoms with Gasteiger partial charge in [0.05, 0.1) is 6.04 Å². The summed E-state index contributed by atoms with van der Waals surface area (Å²) in [5, 5.41) is 3.61. The van der Waals surface area contributed by atoms with Crippen molar-refractivity contribution in [3.63, 3.8) is 0 Å². The van der Waals surface area contributed by atoms with E-state index >= 15 is 0 Å². The number of aromatic nitrogens is 1. The van der Waals surface area contributed by atoms with Gasteiger partial charge >= 0.3 is 0 Å². The highest BCUT2D eigenvalue weighted by atomic mass is 19.1. The van der Waals surface area contributed by atoms with Crippen LogP contribution in [-0.4, -0.2) is 22.5 Å². The molecule has 4 nitrogen and oxygen atoms in total. The van der Waals surface area contributed by atoms with Gasteiger partial charge in [-0.15, -0.1) is 0 Å². The second-order valence-corrected chi connectivity index (χ2v) is 6.05. The van der Waals surface area contributed by atoms with Crippen molar-refractivity contribution >= 4 is 16.8 Å². The van der Waals surface area contributed by atoms with Gasteiger partial charge in [0.15, 0.2) is 0 Å². The summed E-state index contributed by atoms with van der Waals surface area (Å²) in [7, 11) is 0. The summed E-state index contributed by atoms with van der Waals surface area (Å²) in [6.45, 7) is 5.70. The largest absolute Gasteiger partial charge is 0.361 e. The molecular formula is C15H20FN3O. The van der Waals surface area contributed by atoms with Gasteiger partial charge in [-0.25, -0.2) is 4.39 Å². The Hall–Kier alpha value is -1.88. The van der Waals surface area contributed by atoms with Crippen LogP contribution in [0.25, 0.3) is 10.9 Å². The Labute approximate surface area is 117 Å². The van der Waals surface area contributed by atoms with Gasteiger partial charge in [-0.1, -0.05) is 0 Å². The molecule has 0 radical (unpaired) electrons. The first-order chi connectivity index (χ1) is 9.26. The molecule has 0 saturated carbocycles. The predicted molar refractivity (Wildman–Crippen MR) is 77.8 cm³/mol. The smallest absolute Gasteiger partial charge is 0.237 e. The fourth-order valence-electron chi connectivity index (χ4n) is 2.11. The van der Waals surface area contributed by atoms with Crippen LogP contribution in [0.15, 0.2) is 24.4 Å². The maximum absolute atomic E-state index is 13.3. The average molecular weight is 277 g/mol. The van der Waals surface area contributed by atoms with Crippen molar-refractivity contribution in [3.8, 4) is 0 Å². The van der Waals surface area contributed by atoms with Gasteiger partial charge in [-0.2, -0.15) is 0 Å². The van der Waals surface area contributed by atoms with Crippen LogP contribution >= 0.6 is 0 Å². The lowest BCUT2D eigenvalue weighted by molar-refractivity contribution is -0.123. The second kappa shape index (κ2) is 5.25. The van der Waals surface area contributed by atoms with Gasteiger partial charge in [-0.05, 0) is 51.0 Å². The summed E-state index contributed by atoms with van der Waals surface area (Å²) < 4.78 is 13.3. The molecule has 1 unspecified atom stereocenters. The number of amides is 1. The monoisotopic (exact) mass is 277 g/mol. The van der Waals surface area contributed by atoms with E-state index in [-0.39, 0.29) is 17.3 Å². The summed E-state index contributed by atoms with van der Waals surface area (Å²) in [6, 6.07) is 3.87. The Kier molecular flexibility index (Phi) is 3.81. The zero-order chi connectivity index (χ0) is 14.9. The molecule has 0 bridgehead atoms. The molecule has 0 spiro atoms. The Morgan fingerprint density at radius 3 is 2.80 bits per heavy atom. The lowest BCUT2D eigenvalue weighted by Crippen LogP contribution is -2.49. The van der Waals surface area contributed by atoms with Crippen LogP contribution in [0.4, 0.5) is 4.39 Å². The van der Waals surface area contributed by atoms with Crippen molar-refractivity contribution in [1.82, 2.24) is 10.3 Å². The number of nitrogens with two attached hydrogens (primary N) is 1. The van der Waals surface area contributed by atoms with Crippen LogP contribution < -0.4 is 11.1 Å². The summed E-state index contributed by atoms with van der Waals surface area (Å²) in [6.07, 6.45) is 2.14. The van der Waals surface area contributed by atoms with Gasteiger partial charge in [0.25, 0.3) is 0 Å². The molecule has 5 heteroatoms. The second-order valence-electron chi connectivity index (χ2n) is 6.05. The third kappa shape index (κ3) is 3.36. The molecule has 0 fully saturated rings. The number of aromatic amines is 1. The topological polar surface area (TPSA) is 70.9 Å². The lowest BCUT2D eigenvalue weighted by Gasteiger charge is -2.23. The normalized spacial score (nSPS) is 13.4. The van der Waals surface area contributed by atoms with Gasteiger partial charge in [0.2, 0.25) is 5.91 Å². The fourth-order valence-corrected chi connectivity index (χ4v) is 2.11. The molecule has 20 heavy (non-hydrogen) atoms. The maximum atomic E-state index is 13.3. The Balaban J connectivity index is 2.15. The van der Waals surface area contributed by atoms with E-state index in [0.717, 1.165) is 16.5 Å². The minimum atomic E-state index is -0.656. The summed E-state index contributed by atoms with van der Waals surface area (Å²) >= 11 is 0. The number of H-pyrrole nitrogens is 1. The van der Waals surface area contributed by atoms with Crippen LogP contribution in [0.5, 0.6) is 0 Å². The summed E-state index contributed by atoms with van der Waals surface area (Å²) in [4.78, 5) is 15.0. The number of hydrogen-bond donors (Lipinski definition) is 3. The Morgan fingerprint density at radius 1 is 1.45 bits per heavy atom. The number of carbonyl (C=O) groups is 1. The Morgan fingerprint density at radius 2 is 2.15 bits per heavy atom. The van der Waals surface area contributed by atoms with Gasteiger partial charge in [-0.3, -0.25) is 4.79 Å². The van der Waals surface area contributed by atoms with Gasteiger partial charge in [0, 0.05) is 22.6 Å². The van der Waals surface area contributed by atoms with E-state index < -0.39 is 6.04 Å². The van der Waals surface area contributed by atoms with Crippen LogP contribution in [0, 0.1) is 5.82 Å². The number of carbonyl (C=O) groups excluding carboxylic acids is 1. The van der Waals surface area contributed by atoms with E-state index in [4.69, 9.17) is 5.73 Å². The third-order valence-electron chi connectivity index (χ3n) is 3.00.